The van der Waals surface area contributed by atoms with Crippen molar-refractivity contribution < 1.29 is 14.3 Å². The number of esters is 1. The van der Waals surface area contributed by atoms with Crippen LogP contribution in [0.2, 0.25) is 5.02 Å². The van der Waals surface area contributed by atoms with E-state index in [9.17, 15) is 9.59 Å². The van der Waals surface area contributed by atoms with E-state index in [1.54, 1.807) is 38.1 Å². The maximum atomic E-state index is 11.7. The lowest BCUT2D eigenvalue weighted by Crippen LogP contribution is -2.31. The minimum Gasteiger partial charge on any atom is -0.462 e. The molecule has 1 aromatic carbocycles. The summed E-state index contributed by atoms with van der Waals surface area (Å²) in [5.41, 5.74) is 0.339. The topological polar surface area (TPSA) is 55.4 Å². The van der Waals surface area contributed by atoms with E-state index in [4.69, 9.17) is 16.3 Å². The first-order valence-electron chi connectivity index (χ1n) is 5.23. The Kier molecular flexibility index (Phi) is 4.97. The molecule has 0 atom stereocenters. The van der Waals surface area contributed by atoms with Gasteiger partial charge in [-0.15, -0.1) is 0 Å². The first-order valence-corrected chi connectivity index (χ1v) is 5.60. The summed E-state index contributed by atoms with van der Waals surface area (Å²) in [6.45, 7) is 3.32. The molecule has 0 aliphatic carbocycles. The molecule has 92 valence electrons. The van der Waals surface area contributed by atoms with Crippen molar-refractivity contribution in [3.63, 3.8) is 0 Å². The van der Waals surface area contributed by atoms with Gasteiger partial charge in [0.15, 0.2) is 0 Å². The molecule has 17 heavy (non-hydrogen) atoms. The van der Waals surface area contributed by atoms with Crippen LogP contribution in [-0.2, 0) is 9.53 Å². The minimum absolute atomic E-state index is 0.164. The van der Waals surface area contributed by atoms with E-state index in [1.807, 2.05) is 0 Å². The van der Waals surface area contributed by atoms with Gasteiger partial charge in [-0.2, -0.15) is 0 Å². The van der Waals surface area contributed by atoms with Crippen molar-refractivity contribution in [3.8, 4) is 0 Å². The van der Waals surface area contributed by atoms with Gasteiger partial charge in [-0.3, -0.25) is 9.59 Å². The lowest BCUT2D eigenvalue weighted by molar-refractivity contribution is -0.146. The van der Waals surface area contributed by atoms with E-state index in [0.29, 0.717) is 10.6 Å². The molecule has 0 aliphatic heterocycles. The quantitative estimate of drug-likeness (QED) is 0.838. The van der Waals surface area contributed by atoms with Gasteiger partial charge >= 0.3 is 5.97 Å². The van der Waals surface area contributed by atoms with Crippen LogP contribution in [0.5, 0.6) is 0 Å². The average Bonchev–Trinajstić information content (AvgIpc) is 2.25. The van der Waals surface area contributed by atoms with Crippen molar-refractivity contribution in [2.45, 2.75) is 20.0 Å². The van der Waals surface area contributed by atoms with Gasteiger partial charge in [-0.1, -0.05) is 23.7 Å². The summed E-state index contributed by atoms with van der Waals surface area (Å²) in [7, 11) is 0. The molecule has 0 saturated heterocycles. The number of halogens is 1. The van der Waals surface area contributed by atoms with Gasteiger partial charge in [0.1, 0.15) is 6.54 Å². The van der Waals surface area contributed by atoms with Gasteiger partial charge in [0.2, 0.25) is 0 Å². The van der Waals surface area contributed by atoms with Crippen LogP contribution in [-0.4, -0.2) is 24.5 Å². The second-order valence-electron chi connectivity index (χ2n) is 3.70. The fourth-order valence-electron chi connectivity index (χ4n) is 1.20. The van der Waals surface area contributed by atoms with Crippen LogP contribution in [0.3, 0.4) is 0 Å². The molecule has 0 bridgehead atoms. The molecular formula is C12H14ClNO3. The molecule has 0 aliphatic rings. The van der Waals surface area contributed by atoms with Gasteiger partial charge in [-0.05, 0) is 26.0 Å². The number of hydrogen-bond donors (Lipinski definition) is 1. The molecular weight excluding hydrogens is 242 g/mol. The summed E-state index contributed by atoms with van der Waals surface area (Å²) in [4.78, 5) is 22.9. The zero-order chi connectivity index (χ0) is 12.8. The highest BCUT2D eigenvalue weighted by molar-refractivity contribution is 6.33. The third-order valence-corrected chi connectivity index (χ3v) is 2.21. The van der Waals surface area contributed by atoms with E-state index >= 15 is 0 Å². The van der Waals surface area contributed by atoms with Crippen LogP contribution in [0.1, 0.15) is 24.2 Å². The number of benzene rings is 1. The fraction of sp³-hybridized carbons (Fsp3) is 0.333. The number of amides is 1. The lowest BCUT2D eigenvalue weighted by Gasteiger charge is -2.09. The third-order valence-electron chi connectivity index (χ3n) is 1.88. The maximum absolute atomic E-state index is 11.7. The highest BCUT2D eigenvalue weighted by atomic mass is 35.5. The van der Waals surface area contributed by atoms with Crippen LogP contribution in [0, 0.1) is 0 Å². The summed E-state index contributed by atoms with van der Waals surface area (Å²) < 4.78 is 4.88. The molecule has 5 heteroatoms. The van der Waals surface area contributed by atoms with Gasteiger partial charge in [0.25, 0.3) is 5.91 Å². The van der Waals surface area contributed by atoms with Crippen molar-refractivity contribution in [3.05, 3.63) is 34.9 Å². The van der Waals surface area contributed by atoms with E-state index in [-0.39, 0.29) is 12.6 Å². The van der Waals surface area contributed by atoms with E-state index in [0.717, 1.165) is 0 Å². The first kappa shape index (κ1) is 13.5. The monoisotopic (exact) mass is 255 g/mol. The van der Waals surface area contributed by atoms with Gasteiger partial charge in [0, 0.05) is 0 Å². The first-order chi connectivity index (χ1) is 8.00. The van der Waals surface area contributed by atoms with Crippen LogP contribution in [0.4, 0.5) is 0 Å². The van der Waals surface area contributed by atoms with E-state index < -0.39 is 11.9 Å². The zero-order valence-electron chi connectivity index (χ0n) is 9.70. The Hall–Kier alpha value is -1.55. The molecule has 0 spiro atoms. The number of nitrogens with one attached hydrogen (secondary N) is 1. The predicted molar refractivity (Wildman–Crippen MR) is 65.0 cm³/mol. The molecule has 1 N–H and O–H groups in total. The van der Waals surface area contributed by atoms with E-state index in [2.05, 4.69) is 5.32 Å². The summed E-state index contributed by atoms with van der Waals surface area (Å²) in [6, 6.07) is 6.63. The van der Waals surface area contributed by atoms with Crippen LogP contribution in [0.25, 0.3) is 0 Å². The van der Waals surface area contributed by atoms with Crippen molar-refractivity contribution in [1.82, 2.24) is 5.32 Å². The standard InChI is InChI=1S/C12H14ClNO3/c1-8(2)17-11(15)7-14-12(16)9-5-3-4-6-10(9)13/h3-6,8H,7H2,1-2H3,(H,14,16). The molecule has 0 radical (unpaired) electrons. The average molecular weight is 256 g/mol. The Labute approximate surface area is 105 Å². The molecule has 0 fully saturated rings. The summed E-state index contributed by atoms with van der Waals surface area (Å²) in [5.74, 6) is -0.864. The SMILES string of the molecule is CC(C)OC(=O)CNC(=O)c1ccccc1Cl. The van der Waals surface area contributed by atoms with Crippen LogP contribution < -0.4 is 5.32 Å². The van der Waals surface area contributed by atoms with Gasteiger partial charge < -0.3 is 10.1 Å². The number of carbonyl (C=O) groups excluding carboxylic acids is 2. The highest BCUT2D eigenvalue weighted by Crippen LogP contribution is 2.14. The second-order valence-corrected chi connectivity index (χ2v) is 4.11. The maximum Gasteiger partial charge on any atom is 0.325 e. The number of ether oxygens (including phenoxy) is 1. The molecule has 0 aromatic heterocycles. The van der Waals surface area contributed by atoms with Gasteiger partial charge in [-0.25, -0.2) is 0 Å². The molecule has 0 saturated carbocycles. The zero-order valence-corrected chi connectivity index (χ0v) is 10.5. The third kappa shape index (κ3) is 4.44. The molecule has 1 aromatic rings. The van der Waals surface area contributed by atoms with Crippen molar-refractivity contribution >= 4 is 23.5 Å². The fourth-order valence-corrected chi connectivity index (χ4v) is 1.42. The minimum atomic E-state index is -0.472. The smallest absolute Gasteiger partial charge is 0.325 e. The highest BCUT2D eigenvalue weighted by Gasteiger charge is 2.11. The number of rotatable bonds is 4. The van der Waals surface area contributed by atoms with Gasteiger partial charge in [0.05, 0.1) is 16.7 Å². The predicted octanol–water partition coefficient (Wildman–Crippen LogP) is 2.02. The summed E-state index contributed by atoms with van der Waals surface area (Å²) in [6.07, 6.45) is -0.195. The molecule has 1 rings (SSSR count). The normalized spacial score (nSPS) is 10.1. The van der Waals surface area contributed by atoms with Crippen LogP contribution >= 0.6 is 11.6 Å². The number of carbonyl (C=O) groups is 2. The second kappa shape index (κ2) is 6.25. The summed E-state index contributed by atoms with van der Waals surface area (Å²) >= 11 is 5.84. The van der Waals surface area contributed by atoms with Crippen molar-refractivity contribution in [2.75, 3.05) is 6.54 Å². The summed E-state index contributed by atoms with van der Waals surface area (Å²) in [5, 5.41) is 2.80. The molecule has 0 unspecified atom stereocenters. The van der Waals surface area contributed by atoms with Crippen molar-refractivity contribution in [2.24, 2.45) is 0 Å². The number of hydrogen-bond acceptors (Lipinski definition) is 3. The Morgan fingerprint density at radius 2 is 2.00 bits per heavy atom. The molecule has 4 nitrogen and oxygen atoms in total. The van der Waals surface area contributed by atoms with Crippen LogP contribution in [0.15, 0.2) is 24.3 Å². The largest absolute Gasteiger partial charge is 0.462 e. The Bertz CT molecular complexity index is 418. The Morgan fingerprint density at radius 3 is 2.59 bits per heavy atom. The molecule has 1 amide bonds. The van der Waals surface area contributed by atoms with Crippen molar-refractivity contribution in [1.29, 1.82) is 0 Å². The molecule has 0 heterocycles. The van der Waals surface area contributed by atoms with E-state index in [1.165, 1.54) is 0 Å². The Balaban J connectivity index is 2.51. The lowest BCUT2D eigenvalue weighted by atomic mass is 10.2. The Morgan fingerprint density at radius 1 is 1.35 bits per heavy atom.